The molecule has 3 N–H and O–H groups in total. The average Bonchev–Trinajstić information content (AvgIpc) is 2.17. The van der Waals surface area contributed by atoms with Crippen molar-refractivity contribution in [3.8, 4) is 5.75 Å². The highest BCUT2D eigenvalue weighted by molar-refractivity contribution is 5.89. The molecule has 2 rings (SSSR count). The lowest BCUT2D eigenvalue weighted by Gasteiger charge is -2.07. The summed E-state index contributed by atoms with van der Waals surface area (Å²) in [5.74, 6) is -0.0312. The molecule has 0 spiro atoms. The van der Waals surface area contributed by atoms with E-state index in [2.05, 4.69) is 0 Å². The second-order valence-electron chi connectivity index (χ2n) is 3.56. The lowest BCUT2D eigenvalue weighted by Crippen LogP contribution is -2.00. The third kappa shape index (κ3) is 1.34. The first-order valence-corrected chi connectivity index (χ1v) is 4.53. The first-order valence-electron chi connectivity index (χ1n) is 4.53. The summed E-state index contributed by atoms with van der Waals surface area (Å²) in [6.45, 7) is 3.46. The number of aromatic hydroxyl groups is 1. The molecule has 2 aromatic rings. The average molecular weight is 205 g/mol. The summed E-state index contributed by atoms with van der Waals surface area (Å²) in [5, 5.41) is 10.4. The maximum atomic E-state index is 11.2. The van der Waals surface area contributed by atoms with Crippen LogP contribution in [-0.4, -0.2) is 5.11 Å². The molecule has 1 heterocycles. The van der Waals surface area contributed by atoms with Gasteiger partial charge in [0.25, 0.3) is 0 Å². The van der Waals surface area contributed by atoms with Crippen molar-refractivity contribution in [3.63, 3.8) is 0 Å². The Balaban J connectivity index is 3.05. The highest BCUT2D eigenvalue weighted by Crippen LogP contribution is 2.32. The topological polar surface area (TPSA) is 76.5 Å². The summed E-state index contributed by atoms with van der Waals surface area (Å²) in [6, 6.07) is 3.01. The fraction of sp³-hybridized carbons (Fsp3) is 0.182. The maximum Gasteiger partial charge on any atom is 0.336 e. The molecule has 0 amide bonds. The summed E-state index contributed by atoms with van der Waals surface area (Å²) in [4.78, 5) is 11.2. The van der Waals surface area contributed by atoms with Gasteiger partial charge in [-0.25, -0.2) is 4.79 Å². The quantitative estimate of drug-likeness (QED) is 0.390. The lowest BCUT2D eigenvalue weighted by molar-refractivity contribution is 0.471. The van der Waals surface area contributed by atoms with Crippen LogP contribution in [-0.2, 0) is 0 Å². The van der Waals surface area contributed by atoms with Gasteiger partial charge in [0.2, 0.25) is 0 Å². The molecule has 0 atom stereocenters. The van der Waals surface area contributed by atoms with Gasteiger partial charge in [-0.05, 0) is 25.5 Å². The lowest BCUT2D eigenvalue weighted by atomic mass is 10.1. The molecule has 0 aliphatic carbocycles. The smallest absolute Gasteiger partial charge is 0.336 e. The van der Waals surface area contributed by atoms with Gasteiger partial charge in [-0.15, -0.1) is 0 Å². The monoisotopic (exact) mass is 205 g/mol. The first kappa shape index (κ1) is 9.58. The third-order valence-corrected chi connectivity index (χ3v) is 2.48. The highest BCUT2D eigenvalue weighted by atomic mass is 16.4. The molecule has 15 heavy (non-hydrogen) atoms. The third-order valence-electron chi connectivity index (χ3n) is 2.48. The van der Waals surface area contributed by atoms with Crippen LogP contribution in [0.25, 0.3) is 11.0 Å². The molecule has 4 heteroatoms. The molecule has 0 aliphatic rings. The highest BCUT2D eigenvalue weighted by Gasteiger charge is 2.11. The zero-order chi connectivity index (χ0) is 11.2. The molecule has 78 valence electrons. The predicted octanol–water partition coefficient (Wildman–Crippen LogP) is 1.70. The Kier molecular flexibility index (Phi) is 1.93. The van der Waals surface area contributed by atoms with Gasteiger partial charge in [0.15, 0.2) is 0 Å². The Hall–Kier alpha value is -1.97. The van der Waals surface area contributed by atoms with E-state index in [0.717, 1.165) is 10.9 Å². The van der Waals surface area contributed by atoms with E-state index in [0.29, 0.717) is 11.1 Å². The second-order valence-corrected chi connectivity index (χ2v) is 3.56. The number of rotatable bonds is 0. The minimum atomic E-state index is -0.424. The minimum Gasteiger partial charge on any atom is -0.505 e. The van der Waals surface area contributed by atoms with E-state index >= 15 is 0 Å². The molecular formula is C11H11NO3. The molecule has 0 saturated carbocycles. The van der Waals surface area contributed by atoms with Crippen molar-refractivity contribution in [2.45, 2.75) is 13.8 Å². The molecule has 0 radical (unpaired) electrons. The van der Waals surface area contributed by atoms with Crippen molar-refractivity contribution < 1.29 is 9.52 Å². The molecule has 0 fully saturated rings. The van der Waals surface area contributed by atoms with Gasteiger partial charge in [-0.3, -0.25) is 0 Å². The van der Waals surface area contributed by atoms with Crippen molar-refractivity contribution in [2.75, 3.05) is 5.73 Å². The number of phenols is 1. The Labute approximate surface area is 85.9 Å². The van der Waals surface area contributed by atoms with E-state index < -0.39 is 5.63 Å². The molecule has 1 aromatic carbocycles. The van der Waals surface area contributed by atoms with Gasteiger partial charge in [-0.2, -0.15) is 0 Å². The molecule has 1 aromatic heterocycles. The maximum absolute atomic E-state index is 11.2. The Morgan fingerprint density at radius 3 is 2.67 bits per heavy atom. The summed E-state index contributed by atoms with van der Waals surface area (Å²) in [5.41, 5.74) is 7.16. The molecular weight excluding hydrogens is 194 g/mol. The van der Waals surface area contributed by atoms with Crippen LogP contribution in [0.1, 0.15) is 11.1 Å². The van der Waals surface area contributed by atoms with E-state index in [1.807, 2.05) is 0 Å². The number of hydrogen-bond acceptors (Lipinski definition) is 4. The molecule has 0 bridgehead atoms. The van der Waals surface area contributed by atoms with Crippen LogP contribution in [0.5, 0.6) is 5.75 Å². The van der Waals surface area contributed by atoms with E-state index in [-0.39, 0.29) is 11.4 Å². The Morgan fingerprint density at radius 1 is 1.33 bits per heavy atom. The second kappa shape index (κ2) is 3.02. The first-order chi connectivity index (χ1) is 7.00. The SMILES string of the molecule is Cc1cc(=O)oc2c(C)c(O)c(N)cc12. The van der Waals surface area contributed by atoms with E-state index in [1.54, 1.807) is 19.9 Å². The van der Waals surface area contributed by atoms with Gasteiger partial charge in [0.05, 0.1) is 5.69 Å². The number of fused-ring (bicyclic) bond motifs is 1. The number of hydrogen-bond donors (Lipinski definition) is 2. The van der Waals surface area contributed by atoms with Crippen LogP contribution < -0.4 is 11.4 Å². The van der Waals surface area contributed by atoms with Crippen molar-refractivity contribution >= 4 is 16.7 Å². The molecule has 0 unspecified atom stereocenters. The zero-order valence-electron chi connectivity index (χ0n) is 8.50. The number of nitrogen functional groups attached to an aromatic ring is 1. The fourth-order valence-electron chi connectivity index (χ4n) is 1.62. The van der Waals surface area contributed by atoms with Crippen LogP contribution in [0.4, 0.5) is 5.69 Å². The van der Waals surface area contributed by atoms with Gasteiger partial charge in [0, 0.05) is 17.0 Å². The minimum absolute atomic E-state index is 0.0312. The number of nitrogens with two attached hydrogens (primary N) is 1. The van der Waals surface area contributed by atoms with Crippen LogP contribution in [0.15, 0.2) is 21.3 Å². The molecule has 0 aliphatic heterocycles. The van der Waals surface area contributed by atoms with Gasteiger partial charge in [0.1, 0.15) is 11.3 Å². The summed E-state index contributed by atoms with van der Waals surface area (Å²) in [6.07, 6.45) is 0. The number of aryl methyl sites for hydroxylation is 2. The standard InChI is InChI=1S/C11H11NO3/c1-5-3-9(13)15-11-6(2)10(14)8(12)4-7(5)11/h3-4,14H,12H2,1-2H3. The predicted molar refractivity (Wildman–Crippen MR) is 58.0 cm³/mol. The number of phenolic OH excluding ortho intramolecular Hbond substituents is 1. The van der Waals surface area contributed by atoms with Crippen LogP contribution in [0.2, 0.25) is 0 Å². The van der Waals surface area contributed by atoms with Gasteiger partial charge in [-0.1, -0.05) is 0 Å². The van der Waals surface area contributed by atoms with Crippen molar-refractivity contribution in [2.24, 2.45) is 0 Å². The Morgan fingerprint density at radius 2 is 2.00 bits per heavy atom. The zero-order valence-corrected chi connectivity index (χ0v) is 8.50. The van der Waals surface area contributed by atoms with E-state index in [9.17, 15) is 9.90 Å². The van der Waals surface area contributed by atoms with Gasteiger partial charge >= 0.3 is 5.63 Å². The summed E-state index contributed by atoms with van der Waals surface area (Å²) in [7, 11) is 0. The molecule has 4 nitrogen and oxygen atoms in total. The van der Waals surface area contributed by atoms with Crippen LogP contribution in [0, 0.1) is 13.8 Å². The fourth-order valence-corrected chi connectivity index (χ4v) is 1.62. The largest absolute Gasteiger partial charge is 0.505 e. The van der Waals surface area contributed by atoms with Crippen LogP contribution in [0.3, 0.4) is 0 Å². The van der Waals surface area contributed by atoms with Crippen LogP contribution >= 0.6 is 0 Å². The Bertz CT molecular complexity index is 599. The number of benzene rings is 1. The normalized spacial score (nSPS) is 10.8. The molecule has 0 saturated heterocycles. The van der Waals surface area contributed by atoms with Crippen molar-refractivity contribution in [1.82, 2.24) is 0 Å². The summed E-state index contributed by atoms with van der Waals surface area (Å²) < 4.78 is 5.04. The van der Waals surface area contributed by atoms with E-state index in [4.69, 9.17) is 10.2 Å². The van der Waals surface area contributed by atoms with Crippen molar-refractivity contribution in [3.05, 3.63) is 33.7 Å². The van der Waals surface area contributed by atoms with Crippen molar-refractivity contribution in [1.29, 1.82) is 0 Å². The summed E-state index contributed by atoms with van der Waals surface area (Å²) >= 11 is 0. The van der Waals surface area contributed by atoms with E-state index in [1.165, 1.54) is 6.07 Å². The number of anilines is 1. The van der Waals surface area contributed by atoms with Gasteiger partial charge < -0.3 is 15.3 Å².